The molecular weight excluding hydrogens is 388 g/mol. The minimum absolute atomic E-state index is 0.0175. The minimum Gasteiger partial charge on any atom is -0.354 e. The number of anilines is 1. The Bertz CT molecular complexity index is 903. The van der Waals surface area contributed by atoms with Gasteiger partial charge in [-0.05, 0) is 50.1 Å². The molecule has 1 aromatic heterocycles. The fraction of sp³-hybridized carbons (Fsp3) is 0.409. The maximum Gasteiger partial charge on any atom is 0.251 e. The number of hydrogen-bond donors (Lipinski definition) is 0. The summed E-state index contributed by atoms with van der Waals surface area (Å²) in [5.41, 5.74) is 0.0840. The monoisotopic (exact) mass is 412 g/mol. The second-order valence-corrected chi connectivity index (χ2v) is 8.46. The van der Waals surface area contributed by atoms with E-state index in [9.17, 15) is 9.59 Å². The smallest absolute Gasteiger partial charge is 0.251 e. The van der Waals surface area contributed by atoms with E-state index >= 15 is 0 Å². The molecule has 7 heteroatoms. The molecule has 0 aliphatic carbocycles. The van der Waals surface area contributed by atoms with Crippen LogP contribution in [0.5, 0.6) is 0 Å². The molecular formula is C22H25ClN4O2. The highest BCUT2D eigenvalue weighted by Crippen LogP contribution is 2.37. The van der Waals surface area contributed by atoms with Gasteiger partial charge in [0.1, 0.15) is 17.9 Å². The van der Waals surface area contributed by atoms with E-state index in [2.05, 4.69) is 9.88 Å². The first-order chi connectivity index (χ1) is 13.9. The summed E-state index contributed by atoms with van der Waals surface area (Å²) < 4.78 is 0. The van der Waals surface area contributed by atoms with Crippen molar-refractivity contribution in [2.45, 2.75) is 38.4 Å². The van der Waals surface area contributed by atoms with Crippen LogP contribution in [-0.4, -0.2) is 57.8 Å². The van der Waals surface area contributed by atoms with Crippen molar-refractivity contribution in [3.8, 4) is 0 Å². The van der Waals surface area contributed by atoms with Crippen molar-refractivity contribution in [1.82, 2.24) is 14.8 Å². The predicted molar refractivity (Wildman–Crippen MR) is 113 cm³/mol. The lowest BCUT2D eigenvalue weighted by molar-refractivity contribution is -0.166. The maximum atomic E-state index is 13.6. The van der Waals surface area contributed by atoms with E-state index in [1.807, 2.05) is 56.3 Å². The van der Waals surface area contributed by atoms with Gasteiger partial charge in [-0.3, -0.25) is 9.59 Å². The molecule has 2 aliphatic rings. The van der Waals surface area contributed by atoms with Crippen molar-refractivity contribution in [2.24, 2.45) is 0 Å². The number of amides is 2. The standard InChI is InChI=1S/C22H25ClN4O2/c1-16(2)26-14-20(28)27(13-17-6-8-18(23)9-7-17)22(21(26)29)10-12-25(15-22)19-5-3-4-11-24-19/h3-9,11,16H,10,12-15H2,1-2H3/t22-/m0/s1. The average Bonchev–Trinajstić information content (AvgIpc) is 3.16. The molecule has 4 rings (SSSR count). The largest absolute Gasteiger partial charge is 0.354 e. The zero-order valence-corrected chi connectivity index (χ0v) is 17.5. The molecule has 2 aliphatic heterocycles. The van der Waals surface area contributed by atoms with Crippen molar-refractivity contribution in [1.29, 1.82) is 0 Å². The number of carbonyl (C=O) groups is 2. The second-order valence-electron chi connectivity index (χ2n) is 8.02. The highest BCUT2D eigenvalue weighted by atomic mass is 35.5. The van der Waals surface area contributed by atoms with Gasteiger partial charge in [-0.15, -0.1) is 0 Å². The lowest BCUT2D eigenvalue weighted by Crippen LogP contribution is -2.69. The van der Waals surface area contributed by atoms with Crippen molar-refractivity contribution in [3.05, 3.63) is 59.2 Å². The first-order valence-electron chi connectivity index (χ1n) is 9.93. The second kappa shape index (κ2) is 7.67. The molecule has 6 nitrogen and oxygen atoms in total. The fourth-order valence-corrected chi connectivity index (χ4v) is 4.40. The molecule has 0 unspecified atom stereocenters. The van der Waals surface area contributed by atoms with Gasteiger partial charge in [-0.2, -0.15) is 0 Å². The van der Waals surface area contributed by atoms with Gasteiger partial charge in [0.05, 0.1) is 6.54 Å². The van der Waals surface area contributed by atoms with Crippen LogP contribution in [0.3, 0.4) is 0 Å². The van der Waals surface area contributed by atoms with Gasteiger partial charge in [0.2, 0.25) is 5.91 Å². The molecule has 0 radical (unpaired) electrons. The highest BCUT2D eigenvalue weighted by Gasteiger charge is 2.56. The van der Waals surface area contributed by atoms with Gasteiger partial charge in [0, 0.05) is 30.4 Å². The van der Waals surface area contributed by atoms with E-state index in [0.29, 0.717) is 31.1 Å². The Morgan fingerprint density at radius 2 is 1.90 bits per heavy atom. The zero-order chi connectivity index (χ0) is 20.6. The van der Waals surface area contributed by atoms with Gasteiger partial charge in [0.25, 0.3) is 5.91 Å². The maximum absolute atomic E-state index is 13.6. The van der Waals surface area contributed by atoms with Crippen LogP contribution in [0.25, 0.3) is 0 Å². The Kier molecular flexibility index (Phi) is 5.21. The molecule has 0 N–H and O–H groups in total. The average molecular weight is 413 g/mol. The Labute approximate surface area is 176 Å². The van der Waals surface area contributed by atoms with Crippen molar-refractivity contribution in [2.75, 3.05) is 24.5 Å². The summed E-state index contributed by atoms with van der Waals surface area (Å²) in [5, 5.41) is 0.651. The molecule has 0 saturated carbocycles. The zero-order valence-electron chi connectivity index (χ0n) is 16.7. The van der Waals surface area contributed by atoms with Crippen molar-refractivity contribution < 1.29 is 9.59 Å². The number of rotatable bonds is 4. The van der Waals surface area contributed by atoms with Crippen LogP contribution >= 0.6 is 11.6 Å². The predicted octanol–water partition coefficient (Wildman–Crippen LogP) is 2.96. The van der Waals surface area contributed by atoms with Crippen LogP contribution in [0.15, 0.2) is 48.7 Å². The van der Waals surface area contributed by atoms with Crippen LogP contribution in [0.2, 0.25) is 5.02 Å². The van der Waals surface area contributed by atoms with Crippen LogP contribution < -0.4 is 4.90 Å². The van der Waals surface area contributed by atoms with E-state index in [1.165, 1.54) is 0 Å². The van der Waals surface area contributed by atoms with Gasteiger partial charge in [-0.1, -0.05) is 29.8 Å². The van der Waals surface area contributed by atoms with Crippen LogP contribution in [0.1, 0.15) is 25.8 Å². The lowest BCUT2D eigenvalue weighted by Gasteiger charge is -2.48. The van der Waals surface area contributed by atoms with Gasteiger partial charge < -0.3 is 14.7 Å². The lowest BCUT2D eigenvalue weighted by atomic mass is 9.89. The molecule has 2 saturated heterocycles. The summed E-state index contributed by atoms with van der Waals surface area (Å²) in [6, 6.07) is 13.2. The van der Waals surface area contributed by atoms with Crippen LogP contribution in [0, 0.1) is 0 Å². The summed E-state index contributed by atoms with van der Waals surface area (Å²) in [5.74, 6) is 0.841. The molecule has 29 heavy (non-hydrogen) atoms. The SMILES string of the molecule is CC(C)N1CC(=O)N(Cc2ccc(Cl)cc2)[C@]2(CCN(c3ccccn3)C2)C1=O. The third kappa shape index (κ3) is 3.57. The van der Waals surface area contributed by atoms with Crippen molar-refractivity contribution >= 4 is 29.2 Å². The molecule has 2 amide bonds. The Balaban J connectivity index is 1.69. The van der Waals surface area contributed by atoms with E-state index in [0.717, 1.165) is 11.4 Å². The summed E-state index contributed by atoms with van der Waals surface area (Å²) in [6.45, 7) is 5.56. The number of hydrogen-bond acceptors (Lipinski definition) is 4. The number of aromatic nitrogens is 1. The highest BCUT2D eigenvalue weighted by molar-refractivity contribution is 6.30. The molecule has 0 bridgehead atoms. The topological polar surface area (TPSA) is 56.8 Å². The summed E-state index contributed by atoms with van der Waals surface area (Å²) in [6.07, 6.45) is 2.34. The molecule has 152 valence electrons. The number of halogens is 1. The molecule has 2 fully saturated rings. The molecule has 1 spiro atoms. The van der Waals surface area contributed by atoms with E-state index in [-0.39, 0.29) is 24.4 Å². The molecule has 2 aromatic rings. The Morgan fingerprint density at radius 3 is 2.55 bits per heavy atom. The third-order valence-corrected chi connectivity index (χ3v) is 6.13. The summed E-state index contributed by atoms with van der Waals surface area (Å²) in [7, 11) is 0. The Morgan fingerprint density at radius 1 is 1.14 bits per heavy atom. The van der Waals surface area contributed by atoms with Crippen molar-refractivity contribution in [3.63, 3.8) is 0 Å². The van der Waals surface area contributed by atoms with Gasteiger partial charge in [0.15, 0.2) is 0 Å². The first-order valence-corrected chi connectivity index (χ1v) is 10.3. The molecule has 1 aromatic carbocycles. The summed E-state index contributed by atoms with van der Waals surface area (Å²) >= 11 is 6.01. The quantitative estimate of drug-likeness (QED) is 0.774. The van der Waals surface area contributed by atoms with Crippen LogP contribution in [-0.2, 0) is 16.1 Å². The first kappa shape index (κ1) is 19.7. The summed E-state index contributed by atoms with van der Waals surface area (Å²) in [4.78, 5) is 36.9. The number of pyridine rings is 1. The fourth-order valence-electron chi connectivity index (χ4n) is 4.28. The number of piperazine rings is 1. The van der Waals surface area contributed by atoms with Gasteiger partial charge in [-0.25, -0.2) is 4.98 Å². The molecule has 1 atom stereocenters. The number of carbonyl (C=O) groups excluding carboxylic acids is 2. The normalized spacial score (nSPS) is 22.3. The third-order valence-electron chi connectivity index (χ3n) is 5.88. The number of benzene rings is 1. The Hall–Kier alpha value is -2.60. The number of nitrogens with zero attached hydrogens (tertiary/aromatic N) is 4. The minimum atomic E-state index is -0.878. The van der Waals surface area contributed by atoms with E-state index in [4.69, 9.17) is 11.6 Å². The molecule has 3 heterocycles. The van der Waals surface area contributed by atoms with Gasteiger partial charge >= 0.3 is 0 Å². The van der Waals surface area contributed by atoms with Crippen LogP contribution in [0.4, 0.5) is 5.82 Å². The van der Waals surface area contributed by atoms with E-state index in [1.54, 1.807) is 16.0 Å². The van der Waals surface area contributed by atoms with E-state index < -0.39 is 5.54 Å².